The first-order chi connectivity index (χ1) is 11.1. The predicted molar refractivity (Wildman–Crippen MR) is 86.6 cm³/mol. The Balaban J connectivity index is 1.77. The Morgan fingerprint density at radius 3 is 2.70 bits per heavy atom. The normalized spacial score (nSPS) is 12.3. The van der Waals surface area contributed by atoms with Crippen molar-refractivity contribution in [1.82, 2.24) is 9.88 Å². The van der Waals surface area contributed by atoms with E-state index in [1.807, 2.05) is 18.2 Å². The summed E-state index contributed by atoms with van der Waals surface area (Å²) in [5, 5.41) is 11.1. The number of nitrogens with one attached hydrogen (secondary N) is 1. The zero-order valence-corrected chi connectivity index (χ0v) is 12.7. The summed E-state index contributed by atoms with van der Waals surface area (Å²) >= 11 is 0. The van der Waals surface area contributed by atoms with Crippen LogP contribution >= 0.6 is 0 Å². The summed E-state index contributed by atoms with van der Waals surface area (Å²) in [7, 11) is 1.64. The molecule has 3 rings (SSSR count). The highest BCUT2D eigenvalue weighted by Crippen LogP contribution is 2.20. The molecule has 0 aliphatic rings. The lowest BCUT2D eigenvalue weighted by Gasteiger charge is -2.21. The minimum absolute atomic E-state index is 0.130. The van der Waals surface area contributed by atoms with Gasteiger partial charge in [0.2, 0.25) is 0 Å². The van der Waals surface area contributed by atoms with Gasteiger partial charge in [-0.3, -0.25) is 4.79 Å². The maximum absolute atomic E-state index is 12.9. The number of H-pyrrole nitrogens is 1. The Morgan fingerprint density at radius 2 is 1.96 bits per heavy atom. The highest BCUT2D eigenvalue weighted by atomic mass is 19.1. The van der Waals surface area contributed by atoms with Crippen LogP contribution in [-0.2, 0) is 0 Å². The van der Waals surface area contributed by atoms with E-state index in [1.54, 1.807) is 19.3 Å². The quantitative estimate of drug-likeness (QED) is 0.778. The molecule has 0 saturated heterocycles. The van der Waals surface area contributed by atoms with Crippen molar-refractivity contribution in [2.75, 3.05) is 13.6 Å². The standard InChI is InChI=1S/C18H17FN2O2/c1-21(11-17(22)12-5-7-13(19)8-6-12)18(23)15-3-2-4-16-14(15)9-10-20-16/h2-10,17,20,22H,11H2,1H3/t17-/m1/s1. The average Bonchev–Trinajstić information content (AvgIpc) is 3.03. The number of carbonyl (C=O) groups excluding carboxylic acids is 1. The first kappa shape index (κ1) is 15.2. The van der Waals surface area contributed by atoms with E-state index in [0.717, 1.165) is 10.9 Å². The number of aromatic amines is 1. The molecule has 0 saturated carbocycles. The van der Waals surface area contributed by atoms with Gasteiger partial charge in [0.25, 0.3) is 5.91 Å². The minimum Gasteiger partial charge on any atom is -0.387 e. The Morgan fingerprint density at radius 1 is 1.22 bits per heavy atom. The smallest absolute Gasteiger partial charge is 0.254 e. The van der Waals surface area contributed by atoms with Gasteiger partial charge in [0.05, 0.1) is 12.6 Å². The van der Waals surface area contributed by atoms with Gasteiger partial charge in [-0.1, -0.05) is 18.2 Å². The largest absolute Gasteiger partial charge is 0.387 e. The summed E-state index contributed by atoms with van der Waals surface area (Å²) in [5.41, 5.74) is 2.05. The number of halogens is 1. The molecule has 0 radical (unpaired) electrons. The molecule has 4 nitrogen and oxygen atoms in total. The van der Waals surface area contributed by atoms with Crippen LogP contribution in [0.3, 0.4) is 0 Å². The number of hydrogen-bond donors (Lipinski definition) is 2. The molecule has 3 aromatic rings. The average molecular weight is 312 g/mol. The van der Waals surface area contributed by atoms with Crippen molar-refractivity contribution in [3.8, 4) is 0 Å². The fourth-order valence-corrected chi connectivity index (χ4v) is 2.61. The van der Waals surface area contributed by atoms with Crippen LogP contribution < -0.4 is 0 Å². The van der Waals surface area contributed by atoms with Crippen molar-refractivity contribution in [1.29, 1.82) is 0 Å². The molecule has 2 N–H and O–H groups in total. The number of hydrogen-bond acceptors (Lipinski definition) is 2. The van der Waals surface area contributed by atoms with Gasteiger partial charge in [-0.2, -0.15) is 0 Å². The fourth-order valence-electron chi connectivity index (χ4n) is 2.61. The van der Waals surface area contributed by atoms with E-state index in [0.29, 0.717) is 11.1 Å². The van der Waals surface area contributed by atoms with E-state index in [9.17, 15) is 14.3 Å². The molecular weight excluding hydrogens is 295 g/mol. The Kier molecular flexibility index (Phi) is 4.12. The second-order valence-electron chi connectivity index (χ2n) is 5.50. The maximum Gasteiger partial charge on any atom is 0.254 e. The molecule has 0 bridgehead atoms. The number of aliphatic hydroxyl groups is 1. The van der Waals surface area contributed by atoms with Crippen LogP contribution in [-0.4, -0.2) is 34.5 Å². The topological polar surface area (TPSA) is 56.3 Å². The molecule has 1 atom stereocenters. The number of carbonyl (C=O) groups is 1. The Labute approximate surface area is 133 Å². The van der Waals surface area contributed by atoms with E-state index in [4.69, 9.17) is 0 Å². The van der Waals surface area contributed by atoms with Crippen molar-refractivity contribution in [3.05, 3.63) is 71.7 Å². The van der Waals surface area contributed by atoms with E-state index >= 15 is 0 Å². The Bertz CT molecular complexity index is 826. The van der Waals surface area contributed by atoms with Gasteiger partial charge in [0.1, 0.15) is 5.82 Å². The van der Waals surface area contributed by atoms with Gasteiger partial charge >= 0.3 is 0 Å². The zero-order valence-electron chi connectivity index (χ0n) is 12.7. The van der Waals surface area contributed by atoms with Crippen LogP contribution in [0.25, 0.3) is 10.9 Å². The number of rotatable bonds is 4. The summed E-state index contributed by atoms with van der Waals surface area (Å²) in [6, 6.07) is 13.0. The molecule has 0 aliphatic carbocycles. The van der Waals surface area contributed by atoms with Crippen LogP contribution in [0.2, 0.25) is 0 Å². The van der Waals surface area contributed by atoms with Crippen LogP contribution in [0, 0.1) is 5.82 Å². The van der Waals surface area contributed by atoms with Gasteiger partial charge in [-0.05, 0) is 35.9 Å². The summed E-state index contributed by atoms with van der Waals surface area (Å²) < 4.78 is 12.9. The second-order valence-corrected chi connectivity index (χ2v) is 5.50. The number of aromatic nitrogens is 1. The van der Waals surface area contributed by atoms with Crippen molar-refractivity contribution >= 4 is 16.8 Å². The molecule has 0 spiro atoms. The van der Waals surface area contributed by atoms with Gasteiger partial charge < -0.3 is 15.0 Å². The third-order valence-electron chi connectivity index (χ3n) is 3.87. The van der Waals surface area contributed by atoms with Crippen molar-refractivity contribution in [2.24, 2.45) is 0 Å². The summed E-state index contributed by atoms with van der Waals surface area (Å²) in [6.45, 7) is 0.130. The molecule has 23 heavy (non-hydrogen) atoms. The molecule has 118 valence electrons. The predicted octanol–water partition coefficient (Wildman–Crippen LogP) is 3.11. The number of amides is 1. The molecule has 1 amide bonds. The highest BCUT2D eigenvalue weighted by molar-refractivity contribution is 6.06. The van der Waals surface area contributed by atoms with Gasteiger partial charge in [-0.25, -0.2) is 4.39 Å². The molecule has 1 aromatic heterocycles. The van der Waals surface area contributed by atoms with Crippen LogP contribution in [0.4, 0.5) is 4.39 Å². The van der Waals surface area contributed by atoms with Gasteiger partial charge in [0.15, 0.2) is 0 Å². The Hall–Kier alpha value is -2.66. The van der Waals surface area contributed by atoms with E-state index in [2.05, 4.69) is 4.98 Å². The highest BCUT2D eigenvalue weighted by Gasteiger charge is 2.18. The van der Waals surface area contributed by atoms with E-state index in [1.165, 1.54) is 29.2 Å². The molecule has 0 fully saturated rings. The summed E-state index contributed by atoms with van der Waals surface area (Å²) in [4.78, 5) is 17.2. The lowest BCUT2D eigenvalue weighted by atomic mass is 10.1. The minimum atomic E-state index is -0.866. The maximum atomic E-state index is 12.9. The van der Waals surface area contributed by atoms with Gasteiger partial charge in [-0.15, -0.1) is 0 Å². The third kappa shape index (κ3) is 3.10. The summed E-state index contributed by atoms with van der Waals surface area (Å²) in [6.07, 6.45) is 0.921. The van der Waals surface area contributed by atoms with E-state index < -0.39 is 6.10 Å². The van der Waals surface area contributed by atoms with Crippen molar-refractivity contribution in [2.45, 2.75) is 6.10 Å². The lowest BCUT2D eigenvalue weighted by molar-refractivity contribution is 0.0682. The molecule has 5 heteroatoms. The third-order valence-corrected chi connectivity index (χ3v) is 3.87. The second kappa shape index (κ2) is 6.22. The lowest BCUT2D eigenvalue weighted by Crippen LogP contribution is -2.31. The fraction of sp³-hybridized carbons (Fsp3) is 0.167. The van der Waals surface area contributed by atoms with Crippen molar-refractivity contribution in [3.63, 3.8) is 0 Å². The molecule has 0 aliphatic heterocycles. The number of aliphatic hydroxyl groups excluding tert-OH is 1. The number of likely N-dealkylation sites (N-methyl/N-ethyl adjacent to an activating group) is 1. The first-order valence-electron chi connectivity index (χ1n) is 7.31. The summed E-state index contributed by atoms with van der Waals surface area (Å²) in [5.74, 6) is -0.527. The molecular formula is C18H17FN2O2. The van der Waals surface area contributed by atoms with Crippen LogP contribution in [0.15, 0.2) is 54.7 Å². The molecule has 1 heterocycles. The van der Waals surface area contributed by atoms with Crippen LogP contribution in [0.1, 0.15) is 22.0 Å². The van der Waals surface area contributed by atoms with Crippen LogP contribution in [0.5, 0.6) is 0 Å². The van der Waals surface area contributed by atoms with Crippen molar-refractivity contribution < 1.29 is 14.3 Å². The molecule has 2 aromatic carbocycles. The monoisotopic (exact) mass is 312 g/mol. The first-order valence-corrected chi connectivity index (χ1v) is 7.31. The number of nitrogens with zero attached hydrogens (tertiary/aromatic N) is 1. The van der Waals surface area contributed by atoms with Gasteiger partial charge in [0, 0.05) is 29.7 Å². The number of fused-ring (bicyclic) bond motifs is 1. The SMILES string of the molecule is CN(C[C@@H](O)c1ccc(F)cc1)C(=O)c1cccc2[nH]ccc12. The zero-order chi connectivity index (χ0) is 16.4. The van der Waals surface area contributed by atoms with E-state index in [-0.39, 0.29) is 18.3 Å². The molecule has 0 unspecified atom stereocenters. The number of benzene rings is 2.